The lowest BCUT2D eigenvalue weighted by Crippen LogP contribution is -2.10. The summed E-state index contributed by atoms with van der Waals surface area (Å²) in [6, 6.07) is 4.92. The van der Waals surface area contributed by atoms with Crippen LogP contribution in [0.25, 0.3) is 0 Å². The van der Waals surface area contributed by atoms with Gasteiger partial charge >= 0.3 is 5.97 Å². The van der Waals surface area contributed by atoms with Gasteiger partial charge in [0.05, 0.1) is 12.3 Å². The quantitative estimate of drug-likeness (QED) is 0.800. The van der Waals surface area contributed by atoms with E-state index in [0.29, 0.717) is 18.9 Å². The van der Waals surface area contributed by atoms with Gasteiger partial charge in [-0.15, -0.1) is 0 Å². The minimum atomic E-state index is -1.01. The van der Waals surface area contributed by atoms with Crippen LogP contribution >= 0.6 is 0 Å². The molecule has 4 nitrogen and oxygen atoms in total. The van der Waals surface area contributed by atoms with E-state index in [1.807, 2.05) is 0 Å². The molecule has 1 N–H and O–H groups in total. The van der Waals surface area contributed by atoms with Crippen molar-refractivity contribution in [3.05, 3.63) is 29.6 Å². The van der Waals surface area contributed by atoms with Gasteiger partial charge in [0.2, 0.25) is 0 Å². The van der Waals surface area contributed by atoms with Crippen LogP contribution < -0.4 is 0 Å². The van der Waals surface area contributed by atoms with E-state index in [-0.39, 0.29) is 11.1 Å². The first kappa shape index (κ1) is 13.6. The Morgan fingerprint density at radius 2 is 2.12 bits per heavy atom. The number of pyridine rings is 1. The molecule has 0 bridgehead atoms. The van der Waals surface area contributed by atoms with Crippen molar-refractivity contribution < 1.29 is 14.6 Å². The second kappa shape index (κ2) is 5.77. The first-order chi connectivity index (χ1) is 7.88. The lowest BCUT2D eigenvalue weighted by molar-refractivity contribution is 0.0688. The number of aromatic nitrogens is 1. The van der Waals surface area contributed by atoms with Gasteiger partial charge in [0.25, 0.3) is 0 Å². The molecule has 4 heteroatoms. The molecule has 1 rings (SSSR count). The fraction of sp³-hybridized carbons (Fsp3) is 0.538. The van der Waals surface area contributed by atoms with Crippen molar-refractivity contribution in [2.45, 2.75) is 33.8 Å². The third-order valence-corrected chi connectivity index (χ3v) is 2.27. The Kier molecular flexibility index (Phi) is 4.63. The van der Waals surface area contributed by atoms with Crippen molar-refractivity contribution in [3.63, 3.8) is 0 Å². The summed E-state index contributed by atoms with van der Waals surface area (Å²) in [5, 5.41) is 8.78. The van der Waals surface area contributed by atoms with Gasteiger partial charge in [0.15, 0.2) is 0 Å². The van der Waals surface area contributed by atoms with E-state index in [4.69, 9.17) is 9.84 Å². The summed E-state index contributed by atoms with van der Waals surface area (Å²) in [6.07, 6.45) is 0.964. The molecule has 0 unspecified atom stereocenters. The molecular formula is C13H19NO3. The number of aromatic carboxylic acids is 1. The summed E-state index contributed by atoms with van der Waals surface area (Å²) in [5.41, 5.74) is 0.955. The number of rotatable bonds is 5. The summed E-state index contributed by atoms with van der Waals surface area (Å²) < 4.78 is 5.48. The predicted molar refractivity (Wildman–Crippen MR) is 64.9 cm³/mol. The Hall–Kier alpha value is -1.42. The van der Waals surface area contributed by atoms with E-state index in [9.17, 15) is 4.79 Å². The second-order valence-electron chi connectivity index (χ2n) is 5.18. The number of hydrogen-bond donors (Lipinski definition) is 1. The molecule has 1 aromatic heterocycles. The highest BCUT2D eigenvalue weighted by molar-refractivity contribution is 5.85. The Morgan fingerprint density at radius 3 is 2.71 bits per heavy atom. The predicted octanol–water partition coefficient (Wildman–Crippen LogP) is 2.73. The minimum Gasteiger partial charge on any atom is -0.477 e. The van der Waals surface area contributed by atoms with Gasteiger partial charge < -0.3 is 9.84 Å². The van der Waals surface area contributed by atoms with Gasteiger partial charge in [0, 0.05) is 6.61 Å². The number of hydrogen-bond acceptors (Lipinski definition) is 3. The average molecular weight is 237 g/mol. The fourth-order valence-electron chi connectivity index (χ4n) is 1.23. The Balaban J connectivity index is 2.42. The molecule has 0 aliphatic carbocycles. The molecule has 0 aromatic carbocycles. The smallest absolute Gasteiger partial charge is 0.354 e. The topological polar surface area (TPSA) is 59.4 Å². The Morgan fingerprint density at radius 1 is 1.41 bits per heavy atom. The average Bonchev–Trinajstić information content (AvgIpc) is 2.23. The third kappa shape index (κ3) is 5.45. The van der Waals surface area contributed by atoms with Gasteiger partial charge in [-0.3, -0.25) is 0 Å². The molecule has 0 radical (unpaired) electrons. The third-order valence-electron chi connectivity index (χ3n) is 2.27. The molecule has 0 aliphatic heterocycles. The molecule has 0 saturated heterocycles. The van der Waals surface area contributed by atoms with Crippen LogP contribution in [0.2, 0.25) is 0 Å². The highest BCUT2D eigenvalue weighted by Crippen LogP contribution is 2.18. The van der Waals surface area contributed by atoms with Gasteiger partial charge in [-0.2, -0.15) is 0 Å². The van der Waals surface area contributed by atoms with Crippen molar-refractivity contribution in [2.24, 2.45) is 5.41 Å². The Bertz CT molecular complexity index is 382. The monoisotopic (exact) mass is 237 g/mol. The van der Waals surface area contributed by atoms with Crippen LogP contribution in [0, 0.1) is 5.41 Å². The maximum Gasteiger partial charge on any atom is 0.354 e. The highest BCUT2D eigenvalue weighted by atomic mass is 16.5. The lowest BCUT2D eigenvalue weighted by atomic mass is 9.93. The van der Waals surface area contributed by atoms with Crippen LogP contribution in [0.4, 0.5) is 0 Å². The zero-order valence-electron chi connectivity index (χ0n) is 10.6. The number of carboxylic acid groups (broad SMARTS) is 1. The molecular weight excluding hydrogens is 218 g/mol. The number of carboxylic acids is 1. The maximum atomic E-state index is 10.7. The number of ether oxygens (including phenoxy) is 1. The van der Waals surface area contributed by atoms with E-state index in [1.54, 1.807) is 12.1 Å². The molecule has 0 saturated carbocycles. The summed E-state index contributed by atoms with van der Waals surface area (Å²) >= 11 is 0. The zero-order valence-corrected chi connectivity index (χ0v) is 10.6. The van der Waals surface area contributed by atoms with Crippen LogP contribution in [0.15, 0.2) is 18.2 Å². The van der Waals surface area contributed by atoms with Crippen molar-refractivity contribution in [3.8, 4) is 0 Å². The van der Waals surface area contributed by atoms with E-state index in [2.05, 4.69) is 25.8 Å². The molecule has 94 valence electrons. The summed E-state index contributed by atoms with van der Waals surface area (Å²) in [7, 11) is 0. The normalized spacial score (nSPS) is 11.5. The highest BCUT2D eigenvalue weighted by Gasteiger charge is 2.10. The largest absolute Gasteiger partial charge is 0.477 e. The molecule has 1 heterocycles. The first-order valence-corrected chi connectivity index (χ1v) is 5.65. The fourth-order valence-corrected chi connectivity index (χ4v) is 1.23. The van der Waals surface area contributed by atoms with Gasteiger partial charge in [0.1, 0.15) is 5.69 Å². The summed E-state index contributed by atoms with van der Waals surface area (Å²) in [5.74, 6) is -1.01. The van der Waals surface area contributed by atoms with E-state index >= 15 is 0 Å². The molecule has 0 spiro atoms. The first-order valence-electron chi connectivity index (χ1n) is 5.65. The van der Waals surface area contributed by atoms with Gasteiger partial charge in [-0.05, 0) is 24.0 Å². The van der Waals surface area contributed by atoms with Crippen molar-refractivity contribution in [1.29, 1.82) is 0 Å². The lowest BCUT2D eigenvalue weighted by Gasteiger charge is -2.17. The molecule has 17 heavy (non-hydrogen) atoms. The van der Waals surface area contributed by atoms with Crippen LogP contribution in [-0.2, 0) is 11.3 Å². The van der Waals surface area contributed by atoms with Crippen molar-refractivity contribution in [2.75, 3.05) is 6.61 Å². The number of carbonyl (C=O) groups is 1. The van der Waals surface area contributed by atoms with Crippen LogP contribution in [0.5, 0.6) is 0 Å². The van der Waals surface area contributed by atoms with Crippen molar-refractivity contribution in [1.82, 2.24) is 4.98 Å². The van der Waals surface area contributed by atoms with Crippen LogP contribution in [0.3, 0.4) is 0 Å². The van der Waals surface area contributed by atoms with Gasteiger partial charge in [-0.1, -0.05) is 26.8 Å². The van der Waals surface area contributed by atoms with E-state index < -0.39 is 5.97 Å². The van der Waals surface area contributed by atoms with E-state index in [1.165, 1.54) is 6.07 Å². The maximum absolute atomic E-state index is 10.7. The second-order valence-corrected chi connectivity index (χ2v) is 5.18. The minimum absolute atomic E-state index is 0.0573. The van der Waals surface area contributed by atoms with Crippen molar-refractivity contribution >= 4 is 5.97 Å². The molecule has 1 aromatic rings. The van der Waals surface area contributed by atoms with E-state index in [0.717, 1.165) is 6.42 Å². The molecule has 0 amide bonds. The molecule has 0 aliphatic rings. The van der Waals surface area contributed by atoms with Crippen LogP contribution in [0.1, 0.15) is 43.4 Å². The zero-order chi connectivity index (χ0) is 12.9. The molecule has 0 fully saturated rings. The summed E-state index contributed by atoms with van der Waals surface area (Å²) in [6.45, 7) is 7.47. The Labute approximate surface area is 102 Å². The summed E-state index contributed by atoms with van der Waals surface area (Å²) in [4.78, 5) is 14.7. The standard InChI is InChI=1S/C13H19NO3/c1-13(2,3)7-8-17-9-10-5-4-6-11(14-10)12(15)16/h4-6H,7-9H2,1-3H3,(H,15,16). The molecule has 0 atom stereocenters. The van der Waals surface area contributed by atoms with Gasteiger partial charge in [-0.25, -0.2) is 9.78 Å². The van der Waals surface area contributed by atoms with Crippen LogP contribution in [-0.4, -0.2) is 22.7 Å². The number of nitrogens with zero attached hydrogens (tertiary/aromatic N) is 1. The SMILES string of the molecule is CC(C)(C)CCOCc1cccc(C(=O)O)n1.